The molecule has 0 unspecified atom stereocenters. The molecule has 76 valence electrons. The molecule has 0 amide bonds. The van der Waals surface area contributed by atoms with Crippen molar-refractivity contribution in [2.75, 3.05) is 0 Å². The molecule has 0 saturated heterocycles. The van der Waals surface area contributed by atoms with Crippen molar-refractivity contribution in [3.05, 3.63) is 36.0 Å². The zero-order valence-corrected chi connectivity index (χ0v) is 8.08. The van der Waals surface area contributed by atoms with Crippen molar-refractivity contribution in [2.24, 2.45) is 7.05 Å². The zero-order valence-electron chi connectivity index (χ0n) is 8.08. The first-order valence-corrected chi connectivity index (χ1v) is 4.38. The molecule has 0 aliphatic rings. The summed E-state index contributed by atoms with van der Waals surface area (Å²) in [6.07, 6.45) is 0. The van der Waals surface area contributed by atoms with Crippen LogP contribution in [0.3, 0.4) is 0 Å². The highest BCUT2D eigenvalue weighted by molar-refractivity contribution is 5.92. The third-order valence-corrected chi connectivity index (χ3v) is 1.96. The molecule has 5 nitrogen and oxygen atoms in total. The molecular weight excluding hydrogens is 194 g/mol. The second-order valence-electron chi connectivity index (χ2n) is 3.06. The number of hydrogen-bond donors (Lipinski definition) is 1. The van der Waals surface area contributed by atoms with Crippen LogP contribution in [0, 0.1) is 0 Å². The molecule has 0 aliphatic heterocycles. The maximum Gasteiger partial charge on any atom is 0.358 e. The molecule has 0 aliphatic carbocycles. The number of aromatic nitrogens is 3. The summed E-state index contributed by atoms with van der Waals surface area (Å²) in [7, 11) is 1.60. The van der Waals surface area contributed by atoms with E-state index in [2.05, 4.69) is 10.2 Å². The molecule has 0 radical (unpaired) electrons. The van der Waals surface area contributed by atoms with E-state index in [0.29, 0.717) is 5.69 Å². The Balaban J connectivity index is 2.58. The van der Waals surface area contributed by atoms with Gasteiger partial charge in [-0.1, -0.05) is 30.3 Å². The van der Waals surface area contributed by atoms with Crippen molar-refractivity contribution in [1.82, 2.24) is 15.0 Å². The standard InChI is InChI=1S/C10H9N3O2/c1-13-11-8(9(12-13)10(14)15)7-5-3-2-4-6-7/h2-6H,1H3,(H,14,15). The maximum atomic E-state index is 10.9. The van der Waals surface area contributed by atoms with E-state index in [-0.39, 0.29) is 5.69 Å². The van der Waals surface area contributed by atoms with Crippen LogP contribution in [-0.4, -0.2) is 26.1 Å². The van der Waals surface area contributed by atoms with E-state index in [9.17, 15) is 4.79 Å². The number of aryl methyl sites for hydroxylation is 1. The number of carboxylic acid groups (broad SMARTS) is 1. The van der Waals surface area contributed by atoms with Crippen LogP contribution in [0.25, 0.3) is 11.3 Å². The van der Waals surface area contributed by atoms with Crippen LogP contribution in [-0.2, 0) is 7.05 Å². The molecule has 2 rings (SSSR count). The lowest BCUT2D eigenvalue weighted by Crippen LogP contribution is -2.00. The molecule has 1 aromatic heterocycles. The van der Waals surface area contributed by atoms with Gasteiger partial charge >= 0.3 is 5.97 Å². The minimum absolute atomic E-state index is 0.0244. The van der Waals surface area contributed by atoms with E-state index < -0.39 is 5.97 Å². The molecule has 5 heteroatoms. The van der Waals surface area contributed by atoms with Gasteiger partial charge in [-0.15, -0.1) is 5.10 Å². The van der Waals surface area contributed by atoms with E-state index >= 15 is 0 Å². The van der Waals surface area contributed by atoms with Gasteiger partial charge in [0.05, 0.1) is 0 Å². The van der Waals surface area contributed by atoms with Crippen molar-refractivity contribution in [3.8, 4) is 11.3 Å². The fourth-order valence-corrected chi connectivity index (χ4v) is 1.34. The van der Waals surface area contributed by atoms with Crippen molar-refractivity contribution in [1.29, 1.82) is 0 Å². The van der Waals surface area contributed by atoms with Crippen LogP contribution in [0.15, 0.2) is 30.3 Å². The molecule has 0 fully saturated rings. The summed E-state index contributed by atoms with van der Waals surface area (Å²) in [5.74, 6) is -1.07. The molecule has 0 saturated carbocycles. The van der Waals surface area contributed by atoms with Crippen molar-refractivity contribution in [2.45, 2.75) is 0 Å². The van der Waals surface area contributed by atoms with Crippen molar-refractivity contribution in [3.63, 3.8) is 0 Å². The van der Waals surface area contributed by atoms with Crippen molar-refractivity contribution >= 4 is 5.97 Å². The Kier molecular flexibility index (Phi) is 2.21. The first kappa shape index (κ1) is 9.39. The Morgan fingerprint density at radius 2 is 1.93 bits per heavy atom. The van der Waals surface area contributed by atoms with Gasteiger partial charge < -0.3 is 5.11 Å². The van der Waals surface area contributed by atoms with Gasteiger partial charge in [-0.25, -0.2) is 4.79 Å². The molecule has 1 N–H and O–H groups in total. The maximum absolute atomic E-state index is 10.9. The van der Waals surface area contributed by atoms with Crippen LogP contribution in [0.2, 0.25) is 0 Å². The van der Waals surface area contributed by atoms with Gasteiger partial charge in [0.2, 0.25) is 0 Å². The summed E-state index contributed by atoms with van der Waals surface area (Å²) in [5.41, 5.74) is 1.12. The topological polar surface area (TPSA) is 68.0 Å². The smallest absolute Gasteiger partial charge is 0.358 e. The third kappa shape index (κ3) is 1.71. The van der Waals surface area contributed by atoms with Gasteiger partial charge in [0, 0.05) is 12.6 Å². The predicted molar refractivity (Wildman–Crippen MR) is 53.4 cm³/mol. The number of benzene rings is 1. The van der Waals surface area contributed by atoms with Crippen LogP contribution >= 0.6 is 0 Å². The number of carbonyl (C=O) groups is 1. The highest BCUT2D eigenvalue weighted by Crippen LogP contribution is 2.19. The predicted octanol–water partition coefficient (Wildman–Crippen LogP) is 1.18. The summed E-state index contributed by atoms with van der Waals surface area (Å²) < 4.78 is 0. The average Bonchev–Trinajstić information content (AvgIpc) is 2.62. The summed E-state index contributed by atoms with van der Waals surface area (Å²) in [6, 6.07) is 9.12. The Morgan fingerprint density at radius 1 is 1.27 bits per heavy atom. The van der Waals surface area contributed by atoms with E-state index in [4.69, 9.17) is 5.11 Å². The quantitative estimate of drug-likeness (QED) is 0.795. The van der Waals surface area contributed by atoms with Crippen LogP contribution in [0.4, 0.5) is 0 Å². The van der Waals surface area contributed by atoms with Gasteiger partial charge in [0.15, 0.2) is 5.69 Å². The largest absolute Gasteiger partial charge is 0.476 e. The SMILES string of the molecule is Cn1nc(C(=O)O)c(-c2ccccc2)n1. The Labute approximate surface area is 86.0 Å². The first-order chi connectivity index (χ1) is 7.18. The summed E-state index contributed by atoms with van der Waals surface area (Å²) in [6.45, 7) is 0. The zero-order chi connectivity index (χ0) is 10.8. The number of nitrogens with zero attached hydrogens (tertiary/aromatic N) is 3. The van der Waals surface area contributed by atoms with Gasteiger partial charge in [-0.2, -0.15) is 9.90 Å². The average molecular weight is 203 g/mol. The second kappa shape index (κ2) is 3.53. The van der Waals surface area contributed by atoms with Crippen LogP contribution in [0.5, 0.6) is 0 Å². The lowest BCUT2D eigenvalue weighted by molar-refractivity contribution is 0.0690. The normalized spacial score (nSPS) is 10.2. The molecule has 0 bridgehead atoms. The Hall–Kier alpha value is -2.17. The lowest BCUT2D eigenvalue weighted by Gasteiger charge is -1.95. The molecular formula is C10H9N3O2. The summed E-state index contributed by atoms with van der Waals surface area (Å²) in [5, 5.41) is 16.7. The summed E-state index contributed by atoms with van der Waals surface area (Å²) >= 11 is 0. The van der Waals surface area contributed by atoms with E-state index in [0.717, 1.165) is 5.56 Å². The van der Waals surface area contributed by atoms with Gasteiger partial charge in [0.1, 0.15) is 5.69 Å². The number of carboxylic acids is 1. The number of hydrogen-bond acceptors (Lipinski definition) is 3. The molecule has 1 aromatic carbocycles. The minimum Gasteiger partial charge on any atom is -0.476 e. The Morgan fingerprint density at radius 3 is 2.53 bits per heavy atom. The molecule has 15 heavy (non-hydrogen) atoms. The minimum atomic E-state index is -1.07. The highest BCUT2D eigenvalue weighted by Gasteiger charge is 2.17. The van der Waals surface area contributed by atoms with Gasteiger partial charge in [-0.3, -0.25) is 0 Å². The van der Waals surface area contributed by atoms with Crippen LogP contribution in [0.1, 0.15) is 10.5 Å². The van der Waals surface area contributed by atoms with Gasteiger partial charge in [-0.05, 0) is 0 Å². The lowest BCUT2D eigenvalue weighted by atomic mass is 10.1. The van der Waals surface area contributed by atoms with Crippen molar-refractivity contribution < 1.29 is 9.90 Å². The molecule has 0 atom stereocenters. The summed E-state index contributed by atoms with van der Waals surface area (Å²) in [4.78, 5) is 12.1. The van der Waals surface area contributed by atoms with Gasteiger partial charge in [0.25, 0.3) is 0 Å². The second-order valence-corrected chi connectivity index (χ2v) is 3.06. The first-order valence-electron chi connectivity index (χ1n) is 4.38. The number of aromatic carboxylic acids is 1. The fraction of sp³-hybridized carbons (Fsp3) is 0.100. The molecule has 1 heterocycles. The van der Waals surface area contributed by atoms with E-state index in [1.807, 2.05) is 18.2 Å². The monoisotopic (exact) mass is 203 g/mol. The highest BCUT2D eigenvalue weighted by atomic mass is 16.4. The Bertz CT molecular complexity index is 491. The van der Waals surface area contributed by atoms with E-state index in [1.54, 1.807) is 19.2 Å². The third-order valence-electron chi connectivity index (χ3n) is 1.96. The van der Waals surface area contributed by atoms with Crippen LogP contribution < -0.4 is 0 Å². The number of rotatable bonds is 2. The fourth-order valence-electron chi connectivity index (χ4n) is 1.34. The van der Waals surface area contributed by atoms with E-state index in [1.165, 1.54) is 4.80 Å². The molecule has 2 aromatic rings. The molecule has 0 spiro atoms.